The first kappa shape index (κ1) is 12.9. The van der Waals surface area contributed by atoms with Crippen molar-refractivity contribution in [3.05, 3.63) is 34.9 Å². The summed E-state index contributed by atoms with van der Waals surface area (Å²) in [5.74, 6) is 3.64. The monoisotopic (exact) mass is 242 g/mol. The van der Waals surface area contributed by atoms with Gasteiger partial charge in [-0.1, -0.05) is 25.1 Å². The van der Waals surface area contributed by atoms with Crippen LogP contribution in [0.2, 0.25) is 0 Å². The summed E-state index contributed by atoms with van der Waals surface area (Å²) < 4.78 is 0. The van der Waals surface area contributed by atoms with Crippen molar-refractivity contribution in [2.24, 2.45) is 5.92 Å². The summed E-state index contributed by atoms with van der Waals surface area (Å²) in [5, 5.41) is 0. The summed E-state index contributed by atoms with van der Waals surface area (Å²) in [6.07, 6.45) is 0. The van der Waals surface area contributed by atoms with E-state index in [4.69, 9.17) is 11.6 Å². The van der Waals surface area contributed by atoms with Crippen molar-refractivity contribution >= 4 is 23.4 Å². The quantitative estimate of drug-likeness (QED) is 0.690. The first-order chi connectivity index (χ1) is 7.15. The van der Waals surface area contributed by atoms with Crippen molar-refractivity contribution in [3.63, 3.8) is 0 Å². The van der Waals surface area contributed by atoms with Crippen molar-refractivity contribution < 1.29 is 0 Å². The maximum absolute atomic E-state index is 5.78. The van der Waals surface area contributed by atoms with Gasteiger partial charge in [-0.3, -0.25) is 0 Å². The Morgan fingerprint density at radius 3 is 2.40 bits per heavy atom. The van der Waals surface area contributed by atoms with E-state index in [1.165, 1.54) is 16.7 Å². The maximum atomic E-state index is 5.78. The van der Waals surface area contributed by atoms with Crippen molar-refractivity contribution in [1.82, 2.24) is 0 Å². The number of alkyl halides is 1. The van der Waals surface area contributed by atoms with Crippen LogP contribution in [-0.4, -0.2) is 11.6 Å². The molecule has 0 saturated heterocycles. The second kappa shape index (κ2) is 6.44. The van der Waals surface area contributed by atoms with Crippen molar-refractivity contribution in [1.29, 1.82) is 0 Å². The summed E-state index contributed by atoms with van der Waals surface area (Å²) in [4.78, 5) is 0. The third-order valence-corrected chi connectivity index (χ3v) is 4.38. The van der Waals surface area contributed by atoms with Gasteiger partial charge in [-0.25, -0.2) is 0 Å². The van der Waals surface area contributed by atoms with Crippen molar-refractivity contribution in [3.8, 4) is 0 Å². The van der Waals surface area contributed by atoms with E-state index in [0.29, 0.717) is 5.92 Å². The fourth-order valence-electron chi connectivity index (χ4n) is 1.48. The minimum absolute atomic E-state index is 0.612. The lowest BCUT2D eigenvalue weighted by Crippen LogP contribution is -2.00. The molecule has 1 atom stereocenters. The van der Waals surface area contributed by atoms with Gasteiger partial charge < -0.3 is 0 Å². The van der Waals surface area contributed by atoms with Gasteiger partial charge in [0.15, 0.2) is 0 Å². The fraction of sp³-hybridized carbons (Fsp3) is 0.538. The molecule has 1 aromatic rings. The van der Waals surface area contributed by atoms with Crippen LogP contribution in [0.15, 0.2) is 18.2 Å². The number of hydrogen-bond acceptors (Lipinski definition) is 1. The lowest BCUT2D eigenvalue weighted by molar-refractivity contribution is 0.759. The Hall–Kier alpha value is -0.140. The molecule has 1 aromatic carbocycles. The highest BCUT2D eigenvalue weighted by Crippen LogP contribution is 2.21. The third-order valence-electron chi connectivity index (χ3n) is 2.56. The lowest BCUT2D eigenvalue weighted by atomic mass is 10.1. The average Bonchev–Trinajstić information content (AvgIpc) is 2.22. The molecule has 1 rings (SSSR count). The topological polar surface area (TPSA) is 0 Å². The van der Waals surface area contributed by atoms with Crippen LogP contribution in [0.4, 0.5) is 0 Å². The molecule has 0 aliphatic rings. The van der Waals surface area contributed by atoms with E-state index in [1.807, 2.05) is 11.8 Å². The summed E-state index contributed by atoms with van der Waals surface area (Å²) in [6.45, 7) is 6.58. The lowest BCUT2D eigenvalue weighted by Gasteiger charge is -2.11. The van der Waals surface area contributed by atoms with Crippen LogP contribution in [0.1, 0.15) is 23.6 Å². The molecule has 0 fully saturated rings. The molecular formula is C13H19ClS. The van der Waals surface area contributed by atoms with Gasteiger partial charge in [0.2, 0.25) is 0 Å². The van der Waals surface area contributed by atoms with Crippen LogP contribution < -0.4 is 0 Å². The van der Waals surface area contributed by atoms with E-state index in [0.717, 1.165) is 17.4 Å². The largest absolute Gasteiger partial charge is 0.157 e. The Bertz CT molecular complexity index is 289. The highest BCUT2D eigenvalue weighted by Gasteiger charge is 2.04. The van der Waals surface area contributed by atoms with E-state index in [9.17, 15) is 0 Å². The first-order valence-corrected chi connectivity index (χ1v) is 7.03. The summed E-state index contributed by atoms with van der Waals surface area (Å²) >= 11 is 7.77. The van der Waals surface area contributed by atoms with E-state index >= 15 is 0 Å². The van der Waals surface area contributed by atoms with Gasteiger partial charge in [-0.2, -0.15) is 11.8 Å². The Kier molecular flexibility index (Phi) is 5.55. The molecule has 2 heteroatoms. The van der Waals surface area contributed by atoms with Crippen LogP contribution >= 0.6 is 23.4 Å². The molecule has 0 saturated carbocycles. The second-order valence-corrected chi connectivity index (χ2v) is 5.48. The van der Waals surface area contributed by atoms with E-state index in [1.54, 1.807) is 0 Å². The molecule has 15 heavy (non-hydrogen) atoms. The number of halogens is 1. The molecule has 0 aliphatic heterocycles. The normalized spacial score (nSPS) is 12.8. The molecule has 0 spiro atoms. The number of rotatable bonds is 5. The van der Waals surface area contributed by atoms with Crippen LogP contribution in [0.25, 0.3) is 0 Å². The Morgan fingerprint density at radius 1 is 1.27 bits per heavy atom. The van der Waals surface area contributed by atoms with E-state index in [2.05, 4.69) is 39.0 Å². The minimum Gasteiger partial charge on any atom is -0.157 e. The SMILES string of the molecule is Cc1cccc(C)c1CSCC(C)CCl. The molecule has 1 unspecified atom stereocenters. The van der Waals surface area contributed by atoms with Gasteiger partial charge >= 0.3 is 0 Å². The van der Waals surface area contributed by atoms with Gasteiger partial charge in [0.05, 0.1) is 0 Å². The molecule has 0 aliphatic carbocycles. The minimum atomic E-state index is 0.612. The first-order valence-electron chi connectivity index (χ1n) is 5.34. The molecule has 0 amide bonds. The highest BCUT2D eigenvalue weighted by atomic mass is 35.5. The molecule has 0 bridgehead atoms. The molecule has 0 heterocycles. The predicted octanol–water partition coefficient (Wildman–Crippen LogP) is 4.41. The third kappa shape index (κ3) is 4.08. The molecule has 0 N–H and O–H groups in total. The average molecular weight is 243 g/mol. The molecule has 84 valence electrons. The number of hydrogen-bond donors (Lipinski definition) is 0. The zero-order valence-electron chi connectivity index (χ0n) is 9.72. The summed E-state index contributed by atoms with van der Waals surface area (Å²) in [7, 11) is 0. The molecule has 0 aromatic heterocycles. The smallest absolute Gasteiger partial charge is 0.0257 e. The highest BCUT2D eigenvalue weighted by molar-refractivity contribution is 7.98. The van der Waals surface area contributed by atoms with Crippen molar-refractivity contribution in [2.75, 3.05) is 11.6 Å². The van der Waals surface area contributed by atoms with Gasteiger partial charge in [0.25, 0.3) is 0 Å². The summed E-state index contributed by atoms with van der Waals surface area (Å²) in [5.41, 5.74) is 4.30. The Balaban J connectivity index is 2.50. The van der Waals surface area contributed by atoms with Crippen LogP contribution in [0.3, 0.4) is 0 Å². The van der Waals surface area contributed by atoms with E-state index < -0.39 is 0 Å². The fourth-order valence-corrected chi connectivity index (χ4v) is 3.02. The second-order valence-electron chi connectivity index (χ2n) is 4.14. The molecule has 0 radical (unpaired) electrons. The predicted molar refractivity (Wildman–Crippen MR) is 72.0 cm³/mol. The van der Waals surface area contributed by atoms with Crippen LogP contribution in [0, 0.1) is 19.8 Å². The molecular weight excluding hydrogens is 224 g/mol. The maximum Gasteiger partial charge on any atom is 0.0257 e. The Morgan fingerprint density at radius 2 is 1.87 bits per heavy atom. The van der Waals surface area contributed by atoms with Gasteiger partial charge in [-0.05, 0) is 42.2 Å². The Labute approximate surface area is 102 Å². The van der Waals surface area contributed by atoms with Gasteiger partial charge in [0.1, 0.15) is 0 Å². The zero-order chi connectivity index (χ0) is 11.3. The zero-order valence-corrected chi connectivity index (χ0v) is 11.3. The van der Waals surface area contributed by atoms with Crippen LogP contribution in [-0.2, 0) is 5.75 Å². The number of aryl methyl sites for hydroxylation is 2. The molecule has 0 nitrogen and oxygen atoms in total. The van der Waals surface area contributed by atoms with Gasteiger partial charge in [0, 0.05) is 11.6 Å². The van der Waals surface area contributed by atoms with Crippen LogP contribution in [0.5, 0.6) is 0 Å². The number of thioether (sulfide) groups is 1. The van der Waals surface area contributed by atoms with Gasteiger partial charge in [-0.15, -0.1) is 11.6 Å². The summed E-state index contributed by atoms with van der Waals surface area (Å²) in [6, 6.07) is 6.50. The van der Waals surface area contributed by atoms with E-state index in [-0.39, 0.29) is 0 Å². The number of benzene rings is 1. The van der Waals surface area contributed by atoms with Crippen molar-refractivity contribution in [2.45, 2.75) is 26.5 Å². The standard InChI is InChI=1S/C13H19ClS/c1-10(7-14)8-15-9-13-11(2)5-4-6-12(13)3/h4-6,10H,7-9H2,1-3H3.